The molecule has 3 N–H and O–H groups in total. The molecule has 0 aliphatic heterocycles. The minimum Gasteiger partial charge on any atom is -0.383 e. The molecule has 0 spiro atoms. The number of carbonyl (C=O) groups excluding carboxylic acids is 1. The van der Waals surface area contributed by atoms with Crippen LogP contribution in [0.2, 0.25) is 5.02 Å². The molecule has 15 heavy (non-hydrogen) atoms. The van der Waals surface area contributed by atoms with Gasteiger partial charge < -0.3 is 11.1 Å². The van der Waals surface area contributed by atoms with E-state index in [-0.39, 0.29) is 11.8 Å². The van der Waals surface area contributed by atoms with Crippen LogP contribution in [0, 0.1) is 12.8 Å². The highest BCUT2D eigenvalue weighted by atomic mass is 35.5. The van der Waals surface area contributed by atoms with Gasteiger partial charge in [0.2, 0.25) is 5.91 Å². The third-order valence-corrected chi connectivity index (χ3v) is 2.54. The number of nitrogens with two attached hydrogens (primary N) is 1. The van der Waals surface area contributed by atoms with Crippen LogP contribution in [-0.2, 0) is 4.79 Å². The van der Waals surface area contributed by atoms with Crippen LogP contribution in [0.5, 0.6) is 0 Å². The van der Waals surface area contributed by atoms with Gasteiger partial charge in [0.15, 0.2) is 0 Å². The van der Waals surface area contributed by atoms with Crippen LogP contribution in [0.3, 0.4) is 0 Å². The molecular formula is C11H15ClN2O. The van der Waals surface area contributed by atoms with E-state index in [0.717, 1.165) is 11.3 Å². The van der Waals surface area contributed by atoms with Crippen molar-refractivity contribution in [3.8, 4) is 0 Å². The molecule has 0 saturated carbocycles. The molecule has 0 heterocycles. The molecular weight excluding hydrogens is 212 g/mol. The minimum absolute atomic E-state index is 0.207. The average molecular weight is 227 g/mol. The van der Waals surface area contributed by atoms with Crippen molar-refractivity contribution in [2.75, 3.05) is 11.9 Å². The van der Waals surface area contributed by atoms with Gasteiger partial charge in [-0.1, -0.05) is 24.6 Å². The summed E-state index contributed by atoms with van der Waals surface area (Å²) < 4.78 is 0. The van der Waals surface area contributed by atoms with Gasteiger partial charge in [-0.2, -0.15) is 0 Å². The van der Waals surface area contributed by atoms with Crippen LogP contribution < -0.4 is 11.1 Å². The number of hydrogen-bond donors (Lipinski definition) is 2. The van der Waals surface area contributed by atoms with E-state index >= 15 is 0 Å². The Balaban J connectivity index is 2.65. The van der Waals surface area contributed by atoms with Gasteiger partial charge in [0.25, 0.3) is 0 Å². The predicted octanol–water partition coefficient (Wildman–Crippen LogP) is 2.18. The molecule has 3 nitrogen and oxygen atoms in total. The van der Waals surface area contributed by atoms with Crippen LogP contribution in [0.4, 0.5) is 5.69 Å². The molecule has 1 unspecified atom stereocenters. The van der Waals surface area contributed by atoms with Gasteiger partial charge in [0.05, 0.1) is 16.6 Å². The summed E-state index contributed by atoms with van der Waals surface area (Å²) in [6.45, 7) is 4.26. The summed E-state index contributed by atoms with van der Waals surface area (Å²) in [5, 5.41) is 3.75. The van der Waals surface area contributed by atoms with Crippen molar-refractivity contribution in [3.63, 3.8) is 0 Å². The van der Waals surface area contributed by atoms with E-state index in [1.54, 1.807) is 6.92 Å². The maximum absolute atomic E-state index is 10.8. The van der Waals surface area contributed by atoms with E-state index in [0.29, 0.717) is 11.6 Å². The molecule has 0 aliphatic carbocycles. The van der Waals surface area contributed by atoms with Gasteiger partial charge in [-0.15, -0.1) is 0 Å². The quantitative estimate of drug-likeness (QED) is 0.827. The normalized spacial score (nSPS) is 12.2. The predicted molar refractivity (Wildman–Crippen MR) is 63.0 cm³/mol. The SMILES string of the molecule is Cc1ccc(Cl)c(NCC(C)C(N)=O)c1. The number of aryl methyl sites for hydroxylation is 1. The van der Waals surface area contributed by atoms with E-state index in [1.807, 2.05) is 25.1 Å². The largest absolute Gasteiger partial charge is 0.383 e. The first kappa shape index (κ1) is 11.9. The number of hydrogen-bond acceptors (Lipinski definition) is 2. The Bertz CT molecular complexity index is 366. The van der Waals surface area contributed by atoms with Gasteiger partial charge >= 0.3 is 0 Å². The zero-order valence-corrected chi connectivity index (χ0v) is 9.64. The van der Waals surface area contributed by atoms with Crippen molar-refractivity contribution in [3.05, 3.63) is 28.8 Å². The van der Waals surface area contributed by atoms with Crippen LogP contribution >= 0.6 is 11.6 Å². The summed E-state index contributed by atoms with van der Waals surface area (Å²) in [7, 11) is 0. The topological polar surface area (TPSA) is 55.1 Å². The van der Waals surface area contributed by atoms with Crippen LogP contribution in [0.25, 0.3) is 0 Å². The van der Waals surface area contributed by atoms with Gasteiger partial charge in [-0.05, 0) is 24.6 Å². The molecule has 82 valence electrons. The lowest BCUT2D eigenvalue weighted by molar-refractivity contribution is -0.120. The number of halogens is 1. The fourth-order valence-electron chi connectivity index (χ4n) is 1.14. The fraction of sp³-hybridized carbons (Fsp3) is 0.364. The van der Waals surface area contributed by atoms with E-state index in [4.69, 9.17) is 17.3 Å². The van der Waals surface area contributed by atoms with Crippen molar-refractivity contribution < 1.29 is 4.79 Å². The Hall–Kier alpha value is -1.22. The molecule has 0 aromatic heterocycles. The molecule has 1 atom stereocenters. The van der Waals surface area contributed by atoms with E-state index in [2.05, 4.69) is 5.32 Å². The number of rotatable bonds is 4. The average Bonchev–Trinajstić information content (AvgIpc) is 2.18. The van der Waals surface area contributed by atoms with Crippen LogP contribution in [-0.4, -0.2) is 12.5 Å². The lowest BCUT2D eigenvalue weighted by Gasteiger charge is -2.12. The molecule has 1 amide bonds. The van der Waals surface area contributed by atoms with Gasteiger partial charge in [0, 0.05) is 6.54 Å². The number of amides is 1. The molecule has 4 heteroatoms. The van der Waals surface area contributed by atoms with Crippen molar-refractivity contribution in [1.82, 2.24) is 0 Å². The third kappa shape index (κ3) is 3.44. The first-order chi connectivity index (χ1) is 7.00. The molecule has 0 aliphatic rings. The van der Waals surface area contributed by atoms with Crippen molar-refractivity contribution in [2.45, 2.75) is 13.8 Å². The van der Waals surface area contributed by atoms with Crippen molar-refractivity contribution in [1.29, 1.82) is 0 Å². The Kier molecular flexibility index (Phi) is 3.97. The number of primary amides is 1. The Labute approximate surface area is 94.6 Å². The molecule has 1 rings (SSSR count). The first-order valence-corrected chi connectivity index (χ1v) is 5.18. The highest BCUT2D eigenvalue weighted by Gasteiger charge is 2.08. The van der Waals surface area contributed by atoms with Crippen molar-refractivity contribution in [2.24, 2.45) is 11.7 Å². The second-order valence-electron chi connectivity index (χ2n) is 3.67. The molecule has 1 aromatic rings. The van der Waals surface area contributed by atoms with E-state index in [9.17, 15) is 4.79 Å². The monoisotopic (exact) mass is 226 g/mol. The van der Waals surface area contributed by atoms with Crippen LogP contribution in [0.1, 0.15) is 12.5 Å². The Morgan fingerprint density at radius 2 is 2.27 bits per heavy atom. The smallest absolute Gasteiger partial charge is 0.222 e. The molecule has 0 radical (unpaired) electrons. The van der Waals surface area contributed by atoms with E-state index < -0.39 is 0 Å². The standard InChI is InChI=1S/C11H15ClN2O/c1-7-3-4-9(12)10(5-7)14-6-8(2)11(13)15/h3-5,8,14H,6H2,1-2H3,(H2,13,15). The number of carbonyl (C=O) groups is 1. The van der Waals surface area contributed by atoms with Gasteiger partial charge in [0.1, 0.15) is 0 Å². The summed E-state index contributed by atoms with van der Waals surface area (Å²) in [5.41, 5.74) is 7.11. The minimum atomic E-state index is -0.314. The lowest BCUT2D eigenvalue weighted by atomic mass is 10.1. The zero-order valence-electron chi connectivity index (χ0n) is 8.88. The zero-order chi connectivity index (χ0) is 11.4. The third-order valence-electron chi connectivity index (χ3n) is 2.21. The maximum Gasteiger partial charge on any atom is 0.222 e. The van der Waals surface area contributed by atoms with Crippen molar-refractivity contribution >= 4 is 23.2 Å². The Morgan fingerprint density at radius 3 is 2.87 bits per heavy atom. The fourth-order valence-corrected chi connectivity index (χ4v) is 1.32. The summed E-state index contributed by atoms with van der Waals surface area (Å²) in [6, 6.07) is 5.70. The first-order valence-electron chi connectivity index (χ1n) is 4.80. The highest BCUT2D eigenvalue weighted by molar-refractivity contribution is 6.33. The molecule has 0 bridgehead atoms. The van der Waals surface area contributed by atoms with E-state index in [1.165, 1.54) is 0 Å². The van der Waals surface area contributed by atoms with Gasteiger partial charge in [-0.25, -0.2) is 0 Å². The Morgan fingerprint density at radius 1 is 1.60 bits per heavy atom. The second kappa shape index (κ2) is 5.03. The highest BCUT2D eigenvalue weighted by Crippen LogP contribution is 2.22. The lowest BCUT2D eigenvalue weighted by Crippen LogP contribution is -2.26. The number of anilines is 1. The maximum atomic E-state index is 10.8. The number of benzene rings is 1. The summed E-state index contributed by atoms with van der Waals surface area (Å²) in [4.78, 5) is 10.8. The van der Waals surface area contributed by atoms with Gasteiger partial charge in [-0.3, -0.25) is 4.79 Å². The molecule has 0 fully saturated rings. The van der Waals surface area contributed by atoms with Crippen LogP contribution in [0.15, 0.2) is 18.2 Å². The number of nitrogens with one attached hydrogen (secondary N) is 1. The molecule has 0 saturated heterocycles. The summed E-state index contributed by atoms with van der Waals surface area (Å²) in [6.07, 6.45) is 0. The second-order valence-corrected chi connectivity index (χ2v) is 4.07. The molecule has 1 aromatic carbocycles. The summed E-state index contributed by atoms with van der Waals surface area (Å²) >= 11 is 5.98. The summed E-state index contributed by atoms with van der Waals surface area (Å²) in [5.74, 6) is -0.521.